The molecule has 0 radical (unpaired) electrons. The topological polar surface area (TPSA) is 72.7 Å². The Morgan fingerprint density at radius 2 is 1.97 bits per heavy atom. The molecule has 2 heterocycles. The number of alkyl halides is 3. The monoisotopic (exact) mass is 453 g/mol. The Morgan fingerprint density at radius 1 is 1.23 bits per heavy atom. The van der Waals surface area contributed by atoms with Crippen molar-refractivity contribution in [3.05, 3.63) is 59.0 Å². The molecule has 0 bridgehead atoms. The summed E-state index contributed by atoms with van der Waals surface area (Å²) in [6.07, 6.45) is -1.83. The van der Waals surface area contributed by atoms with Gasteiger partial charge in [0, 0.05) is 17.8 Å². The second-order valence-corrected chi connectivity index (χ2v) is 8.02. The fourth-order valence-electron chi connectivity index (χ4n) is 2.78. The van der Waals surface area contributed by atoms with Crippen LogP contribution < -0.4 is 5.32 Å². The zero-order chi connectivity index (χ0) is 21.3. The van der Waals surface area contributed by atoms with E-state index in [2.05, 4.69) is 20.5 Å². The van der Waals surface area contributed by atoms with Crippen LogP contribution in [-0.2, 0) is 11.0 Å². The van der Waals surface area contributed by atoms with Crippen LogP contribution in [0.4, 0.5) is 19.0 Å². The third-order valence-electron chi connectivity index (χ3n) is 4.37. The second kappa shape index (κ2) is 8.27. The van der Waals surface area contributed by atoms with E-state index in [1.807, 2.05) is 34.9 Å². The molecule has 1 saturated carbocycles. The number of carbonyl (C=O) groups excluding carboxylic acids is 1. The molecule has 0 unspecified atom stereocenters. The van der Waals surface area contributed by atoms with Crippen LogP contribution in [0.2, 0.25) is 5.02 Å². The third kappa shape index (κ3) is 4.59. The van der Waals surface area contributed by atoms with Gasteiger partial charge in [0.25, 0.3) is 0 Å². The summed E-state index contributed by atoms with van der Waals surface area (Å²) < 4.78 is 40.1. The van der Waals surface area contributed by atoms with Gasteiger partial charge in [0.15, 0.2) is 11.0 Å². The first-order valence-corrected chi connectivity index (χ1v) is 10.4. The number of aromatic nitrogens is 4. The first-order chi connectivity index (χ1) is 14.3. The van der Waals surface area contributed by atoms with Gasteiger partial charge in [0.05, 0.1) is 16.3 Å². The maximum atomic E-state index is 12.7. The van der Waals surface area contributed by atoms with Crippen LogP contribution in [0.5, 0.6) is 0 Å². The van der Waals surface area contributed by atoms with Gasteiger partial charge >= 0.3 is 6.18 Å². The van der Waals surface area contributed by atoms with Gasteiger partial charge in [-0.3, -0.25) is 9.36 Å². The lowest BCUT2D eigenvalue weighted by molar-refractivity contribution is -0.137. The molecule has 0 atom stereocenters. The predicted octanol–water partition coefficient (Wildman–Crippen LogP) is 4.94. The molecule has 4 rings (SSSR count). The first kappa shape index (κ1) is 20.7. The molecule has 6 nitrogen and oxygen atoms in total. The Bertz CT molecular complexity index is 1070. The molecule has 1 fully saturated rings. The summed E-state index contributed by atoms with van der Waals surface area (Å²) in [7, 11) is 0. The third-order valence-corrected chi connectivity index (χ3v) is 5.59. The maximum absolute atomic E-state index is 12.7. The van der Waals surface area contributed by atoms with Crippen molar-refractivity contribution in [1.82, 2.24) is 19.7 Å². The molecule has 1 aliphatic rings. The number of thioether (sulfide) groups is 1. The number of halogens is 4. The van der Waals surface area contributed by atoms with Gasteiger partial charge in [-0.05, 0) is 31.0 Å². The minimum absolute atomic E-state index is 0.0331. The number of anilines is 1. The number of nitrogens with zero attached hydrogens (tertiary/aromatic N) is 4. The summed E-state index contributed by atoms with van der Waals surface area (Å²) in [6, 6.07) is 10.3. The van der Waals surface area contributed by atoms with E-state index in [1.165, 1.54) is 11.8 Å². The summed E-state index contributed by atoms with van der Waals surface area (Å²) in [5, 5.41) is 11.2. The Kier molecular flexibility index (Phi) is 5.70. The van der Waals surface area contributed by atoms with Crippen LogP contribution in [0.25, 0.3) is 5.69 Å². The lowest BCUT2D eigenvalue weighted by Crippen LogP contribution is -2.16. The highest BCUT2D eigenvalue weighted by molar-refractivity contribution is 7.99. The van der Waals surface area contributed by atoms with Crippen molar-refractivity contribution >= 4 is 35.1 Å². The summed E-state index contributed by atoms with van der Waals surface area (Å²) in [4.78, 5) is 15.9. The van der Waals surface area contributed by atoms with Crippen LogP contribution in [0.15, 0.2) is 47.8 Å². The minimum Gasteiger partial charge on any atom is -0.309 e. The minimum atomic E-state index is -4.56. The summed E-state index contributed by atoms with van der Waals surface area (Å²) in [6.45, 7) is 0. The molecule has 1 amide bonds. The number of hydrogen-bond donors (Lipinski definition) is 1. The van der Waals surface area contributed by atoms with E-state index >= 15 is 0 Å². The average Bonchev–Trinajstić information content (AvgIpc) is 3.47. The molecule has 0 aliphatic heterocycles. The van der Waals surface area contributed by atoms with E-state index in [0.29, 0.717) is 17.3 Å². The number of rotatable bonds is 6. The summed E-state index contributed by atoms with van der Waals surface area (Å²) in [5.41, 5.74) is -0.0804. The van der Waals surface area contributed by atoms with Crippen LogP contribution in [0, 0.1) is 0 Å². The molecule has 30 heavy (non-hydrogen) atoms. The Labute approximate surface area is 178 Å². The van der Waals surface area contributed by atoms with Gasteiger partial charge in [-0.2, -0.15) is 13.2 Å². The average molecular weight is 454 g/mol. The molecule has 1 N–H and O–H groups in total. The van der Waals surface area contributed by atoms with E-state index in [0.717, 1.165) is 30.4 Å². The summed E-state index contributed by atoms with van der Waals surface area (Å²) in [5.74, 6) is 0.588. The Hall–Kier alpha value is -2.59. The number of benzene rings is 1. The van der Waals surface area contributed by atoms with Crippen molar-refractivity contribution in [3.8, 4) is 5.69 Å². The van der Waals surface area contributed by atoms with Gasteiger partial charge in [-0.25, -0.2) is 4.98 Å². The van der Waals surface area contributed by atoms with Gasteiger partial charge in [0.1, 0.15) is 5.82 Å². The SMILES string of the molecule is O=C(CSc1nnc(C2CC2)n1-c1ccccc1)Nc1ncc(C(F)(F)F)cc1Cl. The number of hydrogen-bond acceptors (Lipinski definition) is 5. The number of amides is 1. The lowest BCUT2D eigenvalue weighted by atomic mass is 10.3. The van der Waals surface area contributed by atoms with Crippen molar-refractivity contribution in [2.24, 2.45) is 0 Å². The van der Waals surface area contributed by atoms with E-state index < -0.39 is 17.6 Å². The fourth-order valence-corrected chi connectivity index (χ4v) is 3.76. The normalized spacial score (nSPS) is 14.0. The second-order valence-electron chi connectivity index (χ2n) is 6.68. The molecule has 156 valence electrons. The van der Waals surface area contributed by atoms with Crippen LogP contribution in [-0.4, -0.2) is 31.4 Å². The highest BCUT2D eigenvalue weighted by Gasteiger charge is 2.32. The van der Waals surface area contributed by atoms with Gasteiger partial charge in [-0.1, -0.05) is 41.6 Å². The molecule has 1 aromatic carbocycles. The first-order valence-electron chi connectivity index (χ1n) is 8.99. The molecule has 3 aromatic rings. The van der Waals surface area contributed by atoms with E-state index in [9.17, 15) is 18.0 Å². The standard InChI is InChI=1S/C19H15ClF3N5OS/c20-14-8-12(19(21,22)23)9-24-16(14)25-15(29)10-30-18-27-26-17(11-6-7-11)28(18)13-4-2-1-3-5-13/h1-5,8-9,11H,6-7,10H2,(H,24,25,29). The molecular formula is C19H15ClF3N5OS. The molecular weight excluding hydrogens is 439 g/mol. The van der Waals surface area contributed by atoms with Crippen molar-refractivity contribution in [2.45, 2.75) is 30.1 Å². The lowest BCUT2D eigenvalue weighted by Gasteiger charge is -2.11. The van der Waals surface area contributed by atoms with Gasteiger partial charge < -0.3 is 5.32 Å². The number of nitrogens with one attached hydrogen (secondary N) is 1. The van der Waals surface area contributed by atoms with E-state index in [-0.39, 0.29) is 16.6 Å². The predicted molar refractivity (Wildman–Crippen MR) is 107 cm³/mol. The van der Waals surface area contributed by atoms with Crippen molar-refractivity contribution in [3.63, 3.8) is 0 Å². The summed E-state index contributed by atoms with van der Waals surface area (Å²) >= 11 is 7.01. The van der Waals surface area contributed by atoms with Crippen molar-refractivity contribution in [2.75, 3.05) is 11.1 Å². The van der Waals surface area contributed by atoms with Crippen LogP contribution in [0.1, 0.15) is 30.1 Å². The van der Waals surface area contributed by atoms with E-state index in [1.54, 1.807) is 0 Å². The fraction of sp³-hybridized carbons (Fsp3) is 0.263. The Balaban J connectivity index is 1.46. The highest BCUT2D eigenvalue weighted by Crippen LogP contribution is 2.41. The number of para-hydroxylation sites is 1. The zero-order valence-corrected chi connectivity index (χ0v) is 16.9. The van der Waals surface area contributed by atoms with Gasteiger partial charge in [-0.15, -0.1) is 10.2 Å². The number of carbonyl (C=O) groups is 1. The molecule has 1 aliphatic carbocycles. The maximum Gasteiger partial charge on any atom is 0.417 e. The van der Waals surface area contributed by atoms with Crippen molar-refractivity contribution in [1.29, 1.82) is 0 Å². The van der Waals surface area contributed by atoms with Crippen LogP contribution >= 0.6 is 23.4 Å². The van der Waals surface area contributed by atoms with Crippen molar-refractivity contribution < 1.29 is 18.0 Å². The van der Waals surface area contributed by atoms with Crippen LogP contribution in [0.3, 0.4) is 0 Å². The quantitative estimate of drug-likeness (QED) is 0.535. The molecule has 2 aromatic heterocycles. The highest BCUT2D eigenvalue weighted by atomic mass is 35.5. The Morgan fingerprint density at radius 3 is 2.60 bits per heavy atom. The molecule has 0 spiro atoms. The number of pyridine rings is 1. The largest absolute Gasteiger partial charge is 0.417 e. The van der Waals surface area contributed by atoms with Gasteiger partial charge in [0.2, 0.25) is 5.91 Å². The van der Waals surface area contributed by atoms with E-state index in [4.69, 9.17) is 11.6 Å². The molecule has 11 heteroatoms. The molecule has 0 saturated heterocycles. The zero-order valence-electron chi connectivity index (χ0n) is 15.4. The smallest absolute Gasteiger partial charge is 0.309 e.